The largest absolute Gasteiger partial charge is 0.493 e. The van der Waals surface area contributed by atoms with Gasteiger partial charge in [0.15, 0.2) is 16.6 Å². The number of nitrogens with one attached hydrogen (secondary N) is 2. The van der Waals surface area contributed by atoms with Crippen molar-refractivity contribution in [3.05, 3.63) is 23.8 Å². The summed E-state index contributed by atoms with van der Waals surface area (Å²) in [5, 5.41) is 6.35. The van der Waals surface area contributed by atoms with E-state index in [1.165, 1.54) is 20.3 Å². The predicted molar refractivity (Wildman–Crippen MR) is 88.3 cm³/mol. The zero-order chi connectivity index (χ0) is 17.9. The molecule has 24 heavy (non-hydrogen) atoms. The molecule has 0 aromatic heterocycles. The van der Waals surface area contributed by atoms with E-state index >= 15 is 0 Å². The van der Waals surface area contributed by atoms with Crippen LogP contribution < -0.4 is 20.1 Å². The van der Waals surface area contributed by atoms with Crippen LogP contribution >= 0.6 is 12.2 Å². The van der Waals surface area contributed by atoms with E-state index in [4.69, 9.17) is 17.0 Å². The SMILES string of the molecule is COC(=O)CCCNC(=S)NCc1ccc(OC(F)F)c(OC)c1. The lowest BCUT2D eigenvalue weighted by atomic mass is 10.2. The summed E-state index contributed by atoms with van der Waals surface area (Å²) in [6.07, 6.45) is 0.914. The van der Waals surface area contributed by atoms with Gasteiger partial charge in [0.25, 0.3) is 0 Å². The fourth-order valence-electron chi connectivity index (χ4n) is 1.80. The van der Waals surface area contributed by atoms with Gasteiger partial charge in [-0.25, -0.2) is 0 Å². The van der Waals surface area contributed by atoms with E-state index in [1.807, 2.05) is 0 Å². The molecule has 0 bridgehead atoms. The van der Waals surface area contributed by atoms with Gasteiger partial charge in [0.1, 0.15) is 0 Å². The Kier molecular flexibility index (Phi) is 8.77. The second-order valence-corrected chi connectivity index (χ2v) is 5.06. The molecule has 134 valence electrons. The lowest BCUT2D eigenvalue weighted by Crippen LogP contribution is -2.35. The molecule has 0 saturated carbocycles. The average Bonchev–Trinajstić information content (AvgIpc) is 2.56. The number of esters is 1. The zero-order valence-corrected chi connectivity index (χ0v) is 14.3. The van der Waals surface area contributed by atoms with Gasteiger partial charge in [0, 0.05) is 19.5 Å². The third-order valence-electron chi connectivity index (χ3n) is 2.97. The van der Waals surface area contributed by atoms with E-state index in [0.29, 0.717) is 31.0 Å². The summed E-state index contributed by atoms with van der Waals surface area (Å²) < 4.78 is 38.5. The smallest absolute Gasteiger partial charge is 0.387 e. The van der Waals surface area contributed by atoms with Crippen LogP contribution in [-0.4, -0.2) is 38.5 Å². The Morgan fingerprint density at radius 1 is 1.25 bits per heavy atom. The van der Waals surface area contributed by atoms with Crippen LogP contribution in [0.15, 0.2) is 18.2 Å². The van der Waals surface area contributed by atoms with Crippen molar-refractivity contribution in [3.8, 4) is 11.5 Å². The fourth-order valence-corrected chi connectivity index (χ4v) is 1.97. The molecule has 0 radical (unpaired) electrons. The first-order valence-electron chi connectivity index (χ1n) is 7.16. The quantitative estimate of drug-likeness (QED) is 0.397. The molecule has 0 aliphatic heterocycles. The Morgan fingerprint density at radius 2 is 2.00 bits per heavy atom. The van der Waals surface area contributed by atoms with E-state index in [9.17, 15) is 13.6 Å². The maximum absolute atomic E-state index is 12.3. The summed E-state index contributed by atoms with van der Waals surface area (Å²) in [5.74, 6) is -0.0832. The number of rotatable bonds is 9. The van der Waals surface area contributed by atoms with Crippen molar-refractivity contribution in [1.82, 2.24) is 10.6 Å². The maximum Gasteiger partial charge on any atom is 0.387 e. The normalized spacial score (nSPS) is 10.2. The van der Waals surface area contributed by atoms with Gasteiger partial charge in [-0.1, -0.05) is 6.07 Å². The molecule has 0 amide bonds. The molecule has 0 spiro atoms. The Bertz CT molecular complexity index is 558. The Hall–Kier alpha value is -2.16. The van der Waals surface area contributed by atoms with E-state index in [0.717, 1.165) is 5.56 Å². The Morgan fingerprint density at radius 3 is 2.62 bits per heavy atom. The van der Waals surface area contributed by atoms with Crippen molar-refractivity contribution >= 4 is 23.3 Å². The first-order valence-corrected chi connectivity index (χ1v) is 7.57. The average molecular weight is 362 g/mol. The number of benzene rings is 1. The van der Waals surface area contributed by atoms with Gasteiger partial charge >= 0.3 is 12.6 Å². The van der Waals surface area contributed by atoms with Crippen LogP contribution in [0.5, 0.6) is 11.5 Å². The summed E-state index contributed by atoms with van der Waals surface area (Å²) >= 11 is 5.11. The summed E-state index contributed by atoms with van der Waals surface area (Å²) in [6, 6.07) is 4.63. The van der Waals surface area contributed by atoms with Crippen LogP contribution in [0, 0.1) is 0 Å². The molecule has 1 aromatic carbocycles. The third-order valence-corrected chi connectivity index (χ3v) is 3.26. The molecule has 0 aliphatic carbocycles. The number of thiocarbonyl (C=S) groups is 1. The fraction of sp³-hybridized carbons (Fsp3) is 0.467. The van der Waals surface area contributed by atoms with Crippen molar-refractivity contribution in [2.75, 3.05) is 20.8 Å². The van der Waals surface area contributed by atoms with Gasteiger partial charge in [0.05, 0.1) is 14.2 Å². The lowest BCUT2D eigenvalue weighted by molar-refractivity contribution is -0.140. The van der Waals surface area contributed by atoms with E-state index < -0.39 is 6.61 Å². The molecular weight excluding hydrogens is 342 g/mol. The molecule has 2 N–H and O–H groups in total. The van der Waals surface area contributed by atoms with Crippen molar-refractivity contribution in [2.24, 2.45) is 0 Å². The molecule has 0 atom stereocenters. The van der Waals surface area contributed by atoms with Crippen LogP contribution in [0.1, 0.15) is 18.4 Å². The highest BCUT2D eigenvalue weighted by Crippen LogP contribution is 2.29. The number of hydrogen-bond donors (Lipinski definition) is 2. The molecule has 0 heterocycles. The standard InChI is InChI=1S/C15H20F2N2O4S/c1-21-12-8-10(5-6-11(12)23-14(16)17)9-19-15(24)18-7-3-4-13(20)22-2/h5-6,8,14H,3-4,7,9H2,1-2H3,(H2,18,19,24). The van der Waals surface area contributed by atoms with Crippen LogP contribution in [0.4, 0.5) is 8.78 Å². The third kappa shape index (κ3) is 7.40. The van der Waals surface area contributed by atoms with Gasteiger partial charge in [-0.2, -0.15) is 8.78 Å². The van der Waals surface area contributed by atoms with Crippen LogP contribution in [0.2, 0.25) is 0 Å². The number of carbonyl (C=O) groups is 1. The molecular formula is C15H20F2N2O4S. The van der Waals surface area contributed by atoms with Crippen LogP contribution in [0.3, 0.4) is 0 Å². The van der Waals surface area contributed by atoms with Crippen molar-refractivity contribution in [3.63, 3.8) is 0 Å². The molecule has 1 rings (SSSR count). The summed E-state index contributed by atoms with van der Waals surface area (Å²) in [5.41, 5.74) is 0.784. The van der Waals surface area contributed by atoms with Gasteiger partial charge in [0.2, 0.25) is 0 Å². The number of halogens is 2. The highest BCUT2D eigenvalue weighted by atomic mass is 32.1. The van der Waals surface area contributed by atoms with Gasteiger partial charge in [-0.3, -0.25) is 4.79 Å². The highest BCUT2D eigenvalue weighted by Gasteiger charge is 2.11. The van der Waals surface area contributed by atoms with Gasteiger partial charge < -0.3 is 24.8 Å². The molecule has 0 fully saturated rings. The predicted octanol–water partition coefficient (Wildman–Crippen LogP) is 2.21. The minimum absolute atomic E-state index is 0.0280. The van der Waals surface area contributed by atoms with Crippen LogP contribution in [0.25, 0.3) is 0 Å². The van der Waals surface area contributed by atoms with Gasteiger partial charge in [-0.05, 0) is 36.3 Å². The minimum atomic E-state index is -2.91. The van der Waals surface area contributed by atoms with E-state index in [2.05, 4.69) is 20.1 Å². The van der Waals surface area contributed by atoms with Crippen LogP contribution in [-0.2, 0) is 16.1 Å². The first-order chi connectivity index (χ1) is 11.5. The van der Waals surface area contributed by atoms with E-state index in [1.54, 1.807) is 12.1 Å². The molecule has 0 unspecified atom stereocenters. The first kappa shape index (κ1) is 19.9. The number of alkyl halides is 2. The number of ether oxygens (including phenoxy) is 3. The summed E-state index contributed by atoms with van der Waals surface area (Å²) in [6.45, 7) is -2.00. The Labute approximate surface area is 144 Å². The summed E-state index contributed by atoms with van der Waals surface area (Å²) in [7, 11) is 2.71. The highest BCUT2D eigenvalue weighted by molar-refractivity contribution is 7.80. The van der Waals surface area contributed by atoms with Crippen molar-refractivity contribution < 1.29 is 27.8 Å². The summed E-state index contributed by atoms with van der Waals surface area (Å²) in [4.78, 5) is 11.0. The van der Waals surface area contributed by atoms with Gasteiger partial charge in [-0.15, -0.1) is 0 Å². The second-order valence-electron chi connectivity index (χ2n) is 4.65. The number of hydrogen-bond acceptors (Lipinski definition) is 5. The monoisotopic (exact) mass is 362 g/mol. The molecule has 1 aromatic rings. The molecule has 0 saturated heterocycles. The topological polar surface area (TPSA) is 68.8 Å². The number of carbonyl (C=O) groups excluding carboxylic acids is 1. The van der Waals surface area contributed by atoms with Crippen molar-refractivity contribution in [1.29, 1.82) is 0 Å². The van der Waals surface area contributed by atoms with E-state index in [-0.39, 0.29) is 17.5 Å². The maximum atomic E-state index is 12.3. The second kappa shape index (κ2) is 10.6. The molecule has 0 aliphatic rings. The minimum Gasteiger partial charge on any atom is -0.493 e. The number of methoxy groups -OCH3 is 2. The zero-order valence-electron chi connectivity index (χ0n) is 13.4. The lowest BCUT2D eigenvalue weighted by Gasteiger charge is -2.13. The molecule has 6 nitrogen and oxygen atoms in total. The molecule has 9 heteroatoms. The Balaban J connectivity index is 2.41. The van der Waals surface area contributed by atoms with Crippen molar-refractivity contribution in [2.45, 2.75) is 26.0 Å².